The third-order valence-corrected chi connectivity index (χ3v) is 3.69. The Balaban J connectivity index is 2.20. The molecule has 4 heteroatoms. The molecule has 1 heterocycles. The number of hydrogen-bond donors (Lipinski definition) is 2. The predicted molar refractivity (Wildman–Crippen MR) is 85.4 cm³/mol. The quantitative estimate of drug-likeness (QED) is 0.724. The summed E-state index contributed by atoms with van der Waals surface area (Å²) in [6, 6.07) is 20.4. The van der Waals surface area contributed by atoms with E-state index in [9.17, 15) is 0 Å². The molecule has 0 unspecified atom stereocenters. The Morgan fingerprint density at radius 3 is 1.76 bits per heavy atom. The van der Waals surface area contributed by atoms with Gasteiger partial charge in [-0.2, -0.15) is 0 Å². The highest BCUT2D eigenvalue weighted by Crippen LogP contribution is 2.34. The normalized spacial score (nSPS) is 11.0. The molecule has 0 saturated carbocycles. The lowest BCUT2D eigenvalue weighted by atomic mass is 9.88. The summed E-state index contributed by atoms with van der Waals surface area (Å²) in [4.78, 5) is 4.58. The lowest BCUT2D eigenvalue weighted by Gasteiger charge is -2.17. The maximum Gasteiger partial charge on any atom is 0.146 e. The van der Waals surface area contributed by atoms with Gasteiger partial charge in [-0.15, -0.1) is 0 Å². The van der Waals surface area contributed by atoms with Crippen LogP contribution in [0.5, 0.6) is 0 Å². The number of rotatable bonds is 3. The summed E-state index contributed by atoms with van der Waals surface area (Å²) in [6.07, 6.45) is 0. The molecule has 0 fully saturated rings. The summed E-state index contributed by atoms with van der Waals surface area (Å²) in [5.74, 6) is 7.12. The van der Waals surface area contributed by atoms with Gasteiger partial charge >= 0.3 is 0 Å². The zero-order valence-corrected chi connectivity index (χ0v) is 11.9. The van der Waals surface area contributed by atoms with Crippen LogP contribution in [0.25, 0.3) is 0 Å². The molecule has 3 rings (SSSR count). The van der Waals surface area contributed by atoms with E-state index in [0.717, 1.165) is 16.8 Å². The molecule has 0 atom stereocenters. The number of anilines is 1. The van der Waals surface area contributed by atoms with E-state index in [4.69, 9.17) is 11.6 Å². The summed E-state index contributed by atoms with van der Waals surface area (Å²) >= 11 is 0. The minimum atomic E-state index is -0.0177. The van der Waals surface area contributed by atoms with Gasteiger partial charge in [0.25, 0.3) is 0 Å². The van der Waals surface area contributed by atoms with Crippen LogP contribution in [-0.4, -0.2) is 9.66 Å². The molecule has 2 aromatic carbocycles. The number of benzene rings is 2. The van der Waals surface area contributed by atoms with Gasteiger partial charge in [-0.3, -0.25) is 0 Å². The van der Waals surface area contributed by atoms with Gasteiger partial charge in [-0.25, -0.2) is 9.66 Å². The van der Waals surface area contributed by atoms with Crippen LogP contribution in [0.15, 0.2) is 60.7 Å². The fourth-order valence-corrected chi connectivity index (χ4v) is 2.59. The highest BCUT2D eigenvalue weighted by molar-refractivity contribution is 5.50. The van der Waals surface area contributed by atoms with E-state index in [2.05, 4.69) is 29.2 Å². The number of hydrogen-bond acceptors (Lipinski definition) is 3. The topological polar surface area (TPSA) is 69.9 Å². The highest BCUT2D eigenvalue weighted by atomic mass is 15.4. The Hall–Kier alpha value is -2.75. The van der Waals surface area contributed by atoms with Gasteiger partial charge in [0.15, 0.2) is 0 Å². The van der Waals surface area contributed by atoms with Crippen LogP contribution < -0.4 is 11.6 Å². The second-order valence-corrected chi connectivity index (χ2v) is 5.05. The first kappa shape index (κ1) is 13.2. The van der Waals surface area contributed by atoms with Crippen LogP contribution in [0.4, 0.5) is 5.82 Å². The van der Waals surface area contributed by atoms with Crippen LogP contribution in [0.1, 0.15) is 28.6 Å². The van der Waals surface area contributed by atoms with Crippen molar-refractivity contribution in [3.05, 3.63) is 83.3 Å². The van der Waals surface area contributed by atoms with Gasteiger partial charge < -0.3 is 11.6 Å². The van der Waals surface area contributed by atoms with Crippen LogP contribution in [0, 0.1) is 6.92 Å². The number of aryl methyl sites for hydroxylation is 1. The summed E-state index contributed by atoms with van der Waals surface area (Å²) in [7, 11) is 0. The summed E-state index contributed by atoms with van der Waals surface area (Å²) in [5, 5.41) is 0. The Bertz CT molecular complexity index is 693. The first-order valence-corrected chi connectivity index (χ1v) is 6.88. The van der Waals surface area contributed by atoms with Crippen molar-refractivity contribution in [1.82, 2.24) is 9.66 Å². The van der Waals surface area contributed by atoms with E-state index in [1.807, 2.05) is 43.3 Å². The maximum atomic E-state index is 6.15. The molecule has 106 valence electrons. The highest BCUT2D eigenvalue weighted by Gasteiger charge is 2.23. The van der Waals surface area contributed by atoms with Crippen LogP contribution in [0.2, 0.25) is 0 Å². The molecular formula is C17H18N4. The number of aromatic nitrogens is 2. The summed E-state index contributed by atoms with van der Waals surface area (Å²) in [6.45, 7) is 1.85. The number of nitrogen functional groups attached to an aromatic ring is 2. The molecule has 0 radical (unpaired) electrons. The molecule has 4 nitrogen and oxygen atoms in total. The number of nitrogens with two attached hydrogens (primary N) is 2. The van der Waals surface area contributed by atoms with Crippen LogP contribution >= 0.6 is 0 Å². The monoisotopic (exact) mass is 278 g/mol. The van der Waals surface area contributed by atoms with E-state index in [-0.39, 0.29) is 5.92 Å². The van der Waals surface area contributed by atoms with Crippen LogP contribution in [0.3, 0.4) is 0 Å². The Morgan fingerprint density at radius 2 is 1.38 bits per heavy atom. The fourth-order valence-electron chi connectivity index (χ4n) is 2.59. The molecule has 1 aromatic heterocycles. The molecule has 21 heavy (non-hydrogen) atoms. The Kier molecular flexibility index (Phi) is 3.36. The molecule has 0 saturated heterocycles. The van der Waals surface area contributed by atoms with Crippen molar-refractivity contribution in [3.63, 3.8) is 0 Å². The molecule has 3 aromatic rings. The van der Waals surface area contributed by atoms with Crippen molar-refractivity contribution in [3.8, 4) is 0 Å². The zero-order chi connectivity index (χ0) is 14.8. The third kappa shape index (κ3) is 2.36. The lowest BCUT2D eigenvalue weighted by molar-refractivity contribution is 0.920. The second kappa shape index (κ2) is 5.32. The predicted octanol–water partition coefficient (Wildman–Crippen LogP) is 2.67. The average Bonchev–Trinajstić information content (AvgIpc) is 2.78. The number of nitrogens with zero attached hydrogens (tertiary/aromatic N) is 2. The molecule has 0 bridgehead atoms. The van der Waals surface area contributed by atoms with Crippen LogP contribution in [-0.2, 0) is 0 Å². The second-order valence-electron chi connectivity index (χ2n) is 5.05. The molecule has 0 amide bonds. The number of imidazole rings is 1. The van der Waals surface area contributed by atoms with Crippen molar-refractivity contribution < 1.29 is 0 Å². The van der Waals surface area contributed by atoms with Crippen molar-refractivity contribution in [2.24, 2.45) is 0 Å². The minimum Gasteiger partial charge on any atom is -0.382 e. The first-order valence-electron chi connectivity index (χ1n) is 6.88. The molecule has 0 spiro atoms. The van der Waals surface area contributed by atoms with E-state index in [1.54, 1.807) is 0 Å². The Morgan fingerprint density at radius 1 is 0.905 bits per heavy atom. The van der Waals surface area contributed by atoms with Crippen molar-refractivity contribution >= 4 is 5.82 Å². The molecule has 4 N–H and O–H groups in total. The van der Waals surface area contributed by atoms with Gasteiger partial charge in [-0.05, 0) is 18.1 Å². The summed E-state index contributed by atoms with van der Waals surface area (Å²) < 4.78 is 1.44. The average molecular weight is 278 g/mol. The van der Waals surface area contributed by atoms with Gasteiger partial charge in [0, 0.05) is 0 Å². The van der Waals surface area contributed by atoms with Gasteiger partial charge in [-0.1, -0.05) is 60.7 Å². The largest absolute Gasteiger partial charge is 0.382 e. The molecule has 0 aliphatic carbocycles. The van der Waals surface area contributed by atoms with Gasteiger partial charge in [0.1, 0.15) is 11.6 Å². The van der Waals surface area contributed by atoms with E-state index in [0.29, 0.717) is 11.6 Å². The molecular weight excluding hydrogens is 260 g/mol. The maximum absolute atomic E-state index is 6.15. The molecule has 0 aliphatic rings. The van der Waals surface area contributed by atoms with E-state index >= 15 is 0 Å². The third-order valence-electron chi connectivity index (χ3n) is 3.69. The first-order chi connectivity index (χ1) is 10.2. The standard InChI is InChI=1S/C17H18N4/c1-12-20-16(17(18)21(12)19)15(13-8-4-2-5-9-13)14-10-6-3-7-11-14/h2-11,15H,18-19H2,1H3. The fraction of sp³-hybridized carbons (Fsp3) is 0.118. The minimum absolute atomic E-state index is 0.0177. The molecule has 0 aliphatic heterocycles. The SMILES string of the molecule is Cc1nc(C(c2ccccc2)c2ccccc2)c(N)n1N. The summed E-state index contributed by atoms with van der Waals surface area (Å²) in [5.41, 5.74) is 9.25. The van der Waals surface area contributed by atoms with Crippen molar-refractivity contribution in [2.75, 3.05) is 11.6 Å². The Labute approximate surface area is 124 Å². The van der Waals surface area contributed by atoms with Crippen molar-refractivity contribution in [2.45, 2.75) is 12.8 Å². The lowest BCUT2D eigenvalue weighted by Crippen LogP contribution is -2.14. The van der Waals surface area contributed by atoms with Crippen molar-refractivity contribution in [1.29, 1.82) is 0 Å². The smallest absolute Gasteiger partial charge is 0.146 e. The van der Waals surface area contributed by atoms with Gasteiger partial charge in [0.2, 0.25) is 0 Å². The van der Waals surface area contributed by atoms with E-state index in [1.165, 1.54) is 4.68 Å². The van der Waals surface area contributed by atoms with Gasteiger partial charge in [0.05, 0.1) is 11.6 Å². The zero-order valence-electron chi connectivity index (χ0n) is 11.9. The van der Waals surface area contributed by atoms with E-state index < -0.39 is 0 Å².